The summed E-state index contributed by atoms with van der Waals surface area (Å²) in [7, 11) is 0. The van der Waals surface area contributed by atoms with Gasteiger partial charge in [-0.3, -0.25) is 4.79 Å². The summed E-state index contributed by atoms with van der Waals surface area (Å²) in [6, 6.07) is 4.69. The number of nitrogens with zero attached hydrogens (tertiary/aromatic N) is 3. The highest BCUT2D eigenvalue weighted by Gasteiger charge is 2.43. The van der Waals surface area contributed by atoms with Crippen LogP contribution in [0.2, 0.25) is 0 Å². The molecule has 2 aromatic rings. The first-order valence-corrected chi connectivity index (χ1v) is 8.11. The molecule has 138 valence electrons. The van der Waals surface area contributed by atoms with Gasteiger partial charge in [0.15, 0.2) is 0 Å². The number of anilines is 3. The monoisotopic (exact) mass is 363 g/mol. The highest BCUT2D eigenvalue weighted by molar-refractivity contribution is 5.76. The Hall–Kier alpha value is -2.97. The minimum Gasteiger partial charge on any atom is -0.481 e. The van der Waals surface area contributed by atoms with Crippen molar-refractivity contribution in [3.05, 3.63) is 41.5 Å². The largest absolute Gasteiger partial charge is 0.481 e. The van der Waals surface area contributed by atoms with Gasteiger partial charge in [0.2, 0.25) is 5.95 Å². The van der Waals surface area contributed by atoms with Crippen molar-refractivity contribution >= 4 is 23.6 Å². The molecule has 1 aromatic heterocycles. The average Bonchev–Trinajstić information content (AvgIpc) is 2.57. The Bertz CT molecular complexity index is 828. The van der Waals surface area contributed by atoms with Crippen LogP contribution in [0.25, 0.3) is 0 Å². The molecule has 1 aliphatic heterocycles. The van der Waals surface area contributed by atoms with Crippen molar-refractivity contribution in [3.8, 4) is 0 Å². The first kappa shape index (κ1) is 17.8. The minimum absolute atomic E-state index is 0.00363. The fourth-order valence-corrected chi connectivity index (χ4v) is 3.38. The number of carboxylic acids is 1. The van der Waals surface area contributed by atoms with Gasteiger partial charge in [-0.25, -0.2) is 8.78 Å². The fourth-order valence-electron chi connectivity index (χ4n) is 3.38. The SMILES string of the molecule is Nc1cc(N2CCCC(Cc3ccc(F)cc3F)(C(=O)O)C2)nc(N)n1. The zero-order valence-electron chi connectivity index (χ0n) is 14.0. The van der Waals surface area contributed by atoms with Gasteiger partial charge in [-0.15, -0.1) is 0 Å². The Morgan fingerprint density at radius 2 is 2.04 bits per heavy atom. The summed E-state index contributed by atoms with van der Waals surface area (Å²) < 4.78 is 27.2. The van der Waals surface area contributed by atoms with E-state index in [2.05, 4.69) is 9.97 Å². The van der Waals surface area contributed by atoms with Crippen molar-refractivity contribution in [2.75, 3.05) is 29.5 Å². The molecule has 0 radical (unpaired) electrons. The van der Waals surface area contributed by atoms with E-state index in [-0.39, 0.29) is 30.3 Å². The number of halogens is 2. The summed E-state index contributed by atoms with van der Waals surface area (Å²) >= 11 is 0. The van der Waals surface area contributed by atoms with Gasteiger partial charge in [0, 0.05) is 25.2 Å². The Kier molecular flexibility index (Phi) is 4.62. The fraction of sp³-hybridized carbons (Fsp3) is 0.353. The number of hydrogen-bond donors (Lipinski definition) is 3. The Labute approximate surface area is 148 Å². The van der Waals surface area contributed by atoms with Crippen LogP contribution < -0.4 is 16.4 Å². The molecule has 0 spiro atoms. The topological polar surface area (TPSA) is 118 Å². The number of nitrogen functional groups attached to an aromatic ring is 2. The molecular weight excluding hydrogens is 344 g/mol. The number of piperidine rings is 1. The van der Waals surface area contributed by atoms with E-state index in [4.69, 9.17) is 11.5 Å². The smallest absolute Gasteiger partial charge is 0.311 e. The number of aromatic nitrogens is 2. The molecule has 1 atom stereocenters. The summed E-state index contributed by atoms with van der Waals surface area (Å²) in [5.74, 6) is -1.88. The maximum absolute atomic E-state index is 14.1. The number of carbonyl (C=O) groups is 1. The van der Waals surface area contributed by atoms with Crippen molar-refractivity contribution in [2.24, 2.45) is 5.41 Å². The second-order valence-corrected chi connectivity index (χ2v) is 6.53. The maximum atomic E-state index is 14.1. The Morgan fingerprint density at radius 3 is 2.69 bits per heavy atom. The summed E-state index contributed by atoms with van der Waals surface area (Å²) in [5.41, 5.74) is 10.2. The van der Waals surface area contributed by atoms with Crippen molar-refractivity contribution in [1.29, 1.82) is 0 Å². The lowest BCUT2D eigenvalue weighted by atomic mass is 9.75. The molecule has 1 unspecified atom stereocenters. The lowest BCUT2D eigenvalue weighted by molar-refractivity contribution is -0.149. The Balaban J connectivity index is 1.92. The molecule has 1 aromatic carbocycles. The molecule has 0 saturated carbocycles. The molecule has 7 nitrogen and oxygen atoms in total. The highest BCUT2D eigenvalue weighted by Crippen LogP contribution is 2.36. The van der Waals surface area contributed by atoms with Crippen molar-refractivity contribution in [3.63, 3.8) is 0 Å². The highest BCUT2D eigenvalue weighted by atomic mass is 19.1. The quantitative estimate of drug-likeness (QED) is 0.758. The minimum atomic E-state index is -1.23. The van der Waals surface area contributed by atoms with Gasteiger partial charge >= 0.3 is 5.97 Å². The van der Waals surface area contributed by atoms with E-state index >= 15 is 0 Å². The third kappa shape index (κ3) is 3.51. The molecule has 9 heteroatoms. The van der Waals surface area contributed by atoms with Gasteiger partial charge in [-0.1, -0.05) is 6.07 Å². The van der Waals surface area contributed by atoms with Crippen LogP contribution in [0.4, 0.5) is 26.4 Å². The van der Waals surface area contributed by atoms with E-state index in [1.165, 1.54) is 12.1 Å². The summed E-state index contributed by atoms with van der Waals surface area (Å²) in [4.78, 5) is 21.7. The molecule has 1 fully saturated rings. The van der Waals surface area contributed by atoms with Crippen LogP contribution in [0.3, 0.4) is 0 Å². The van der Waals surface area contributed by atoms with Crippen molar-refractivity contribution in [2.45, 2.75) is 19.3 Å². The van der Waals surface area contributed by atoms with Gasteiger partial charge in [0.25, 0.3) is 0 Å². The lowest BCUT2D eigenvalue weighted by Gasteiger charge is -2.40. The molecule has 5 N–H and O–H groups in total. The van der Waals surface area contributed by atoms with E-state index in [1.807, 2.05) is 0 Å². The van der Waals surface area contributed by atoms with Crippen LogP contribution in [-0.2, 0) is 11.2 Å². The third-order valence-corrected chi connectivity index (χ3v) is 4.65. The molecule has 1 aliphatic rings. The van der Waals surface area contributed by atoms with Crippen LogP contribution in [0.5, 0.6) is 0 Å². The van der Waals surface area contributed by atoms with E-state index in [0.29, 0.717) is 25.2 Å². The molecular formula is C17H19F2N5O2. The normalized spacial score (nSPS) is 20.2. The van der Waals surface area contributed by atoms with Crippen LogP contribution in [-0.4, -0.2) is 34.1 Å². The maximum Gasteiger partial charge on any atom is 0.311 e. The molecule has 26 heavy (non-hydrogen) atoms. The predicted molar refractivity (Wildman–Crippen MR) is 92.4 cm³/mol. The van der Waals surface area contributed by atoms with Gasteiger partial charge < -0.3 is 21.5 Å². The zero-order chi connectivity index (χ0) is 18.9. The third-order valence-electron chi connectivity index (χ3n) is 4.65. The van der Waals surface area contributed by atoms with Crippen LogP contribution in [0.1, 0.15) is 18.4 Å². The first-order chi connectivity index (χ1) is 12.3. The van der Waals surface area contributed by atoms with Crippen LogP contribution in [0, 0.1) is 17.0 Å². The van der Waals surface area contributed by atoms with Gasteiger partial charge in [-0.2, -0.15) is 9.97 Å². The number of benzene rings is 1. The van der Waals surface area contributed by atoms with E-state index in [9.17, 15) is 18.7 Å². The standard InChI is InChI=1S/C17H19F2N5O2/c18-11-3-2-10(12(19)6-11)8-17(15(25)26)4-1-5-24(9-17)14-7-13(20)22-16(21)23-14/h2-3,6-7H,1,4-5,8-9H2,(H,25,26)(H4,20,21,22,23). The molecule has 1 saturated heterocycles. The molecule has 0 amide bonds. The van der Waals surface area contributed by atoms with E-state index < -0.39 is 23.0 Å². The number of carboxylic acid groups (broad SMARTS) is 1. The first-order valence-electron chi connectivity index (χ1n) is 8.11. The van der Waals surface area contributed by atoms with Crippen LogP contribution >= 0.6 is 0 Å². The van der Waals surface area contributed by atoms with Gasteiger partial charge in [-0.05, 0) is 30.9 Å². The summed E-state index contributed by atoms with van der Waals surface area (Å²) in [6.07, 6.45) is 0.881. The van der Waals surface area contributed by atoms with E-state index in [1.54, 1.807) is 4.90 Å². The summed E-state index contributed by atoms with van der Waals surface area (Å²) in [5, 5.41) is 9.86. The molecule has 0 bridgehead atoms. The van der Waals surface area contributed by atoms with Crippen molar-refractivity contribution < 1.29 is 18.7 Å². The average molecular weight is 363 g/mol. The molecule has 2 heterocycles. The summed E-state index contributed by atoms with van der Waals surface area (Å²) in [6.45, 7) is 0.672. The molecule has 0 aliphatic carbocycles. The number of aliphatic carboxylic acids is 1. The number of rotatable bonds is 4. The molecule has 3 rings (SSSR count). The zero-order valence-corrected chi connectivity index (χ0v) is 14.0. The second-order valence-electron chi connectivity index (χ2n) is 6.53. The second kappa shape index (κ2) is 6.74. The number of nitrogens with two attached hydrogens (primary N) is 2. The Morgan fingerprint density at radius 1 is 1.27 bits per heavy atom. The van der Waals surface area contributed by atoms with Crippen molar-refractivity contribution in [1.82, 2.24) is 9.97 Å². The van der Waals surface area contributed by atoms with Gasteiger partial charge in [0.05, 0.1) is 5.41 Å². The van der Waals surface area contributed by atoms with Crippen LogP contribution in [0.15, 0.2) is 24.3 Å². The predicted octanol–water partition coefficient (Wildman–Crippen LogP) is 1.83. The van der Waals surface area contributed by atoms with Gasteiger partial charge in [0.1, 0.15) is 23.3 Å². The lowest BCUT2D eigenvalue weighted by Crippen LogP contribution is -2.49. The number of hydrogen-bond acceptors (Lipinski definition) is 6. The van der Waals surface area contributed by atoms with E-state index in [0.717, 1.165) is 12.1 Å².